The zero-order valence-electron chi connectivity index (χ0n) is 84.3. The summed E-state index contributed by atoms with van der Waals surface area (Å²) in [6.07, 6.45) is 12.7. The highest BCUT2D eigenvalue weighted by molar-refractivity contribution is 8.24. The van der Waals surface area contributed by atoms with Gasteiger partial charge in [0, 0.05) is 120 Å². The molecular weight excluding hydrogens is 2100 g/mol. The average Bonchev–Trinajstić information content (AvgIpc) is 1.58. The normalized spacial score (nSPS) is 15.6. The lowest BCUT2D eigenvalue weighted by molar-refractivity contribution is -0.883. The number of rotatable bonds is 19. The maximum atomic E-state index is 11.1. The quantitative estimate of drug-likeness (QED) is 0.00342. The number of para-hydroxylation sites is 6. The van der Waals surface area contributed by atoms with Gasteiger partial charge in [0.25, 0.3) is 11.7 Å². The molecule has 0 bridgehead atoms. The molecule has 18 rings (SSSR count). The summed E-state index contributed by atoms with van der Waals surface area (Å²) in [4.78, 5) is 64.3. The second-order valence-electron chi connectivity index (χ2n) is 37.8. The highest BCUT2D eigenvalue weighted by atomic mass is 36.0. The maximum absolute atomic E-state index is 11.1. The first-order valence-corrected chi connectivity index (χ1v) is 53.6. The highest BCUT2D eigenvalue weighted by Gasteiger charge is 2.39. The Labute approximate surface area is 898 Å². The third-order valence-corrected chi connectivity index (χ3v) is 24.1. The molecule has 0 fully saturated rings. The van der Waals surface area contributed by atoms with Crippen molar-refractivity contribution in [1.82, 2.24) is 58.5 Å². The molecule has 13 N–H and O–H groups in total. The zero-order valence-corrected chi connectivity index (χ0v) is 92.9. The minimum atomic E-state index is -3.22. The Kier molecular flexibility index (Phi) is 44.1. The number of hydrogen-bond donors (Lipinski definition) is 11. The van der Waals surface area contributed by atoms with Gasteiger partial charge >= 0.3 is 21.2 Å². The van der Waals surface area contributed by atoms with Crippen LogP contribution in [0.2, 0.25) is 10.2 Å². The number of aliphatic hydroxyl groups is 6. The average molecular weight is 2230 g/mol. The van der Waals surface area contributed by atoms with E-state index in [0.717, 1.165) is 164 Å². The fourth-order valence-electron chi connectivity index (χ4n) is 16.1. The van der Waals surface area contributed by atoms with Crippen LogP contribution in [0.15, 0.2) is 177 Å². The van der Waals surface area contributed by atoms with E-state index in [1.54, 1.807) is 101 Å². The number of halogens is 9. The Morgan fingerprint density at radius 1 is 0.514 bits per heavy atom. The van der Waals surface area contributed by atoms with Gasteiger partial charge in [-0.15, -0.1) is 12.4 Å². The molecule has 788 valence electrons. The van der Waals surface area contributed by atoms with Gasteiger partial charge < -0.3 is 86.0 Å². The number of nitrogens with two attached hydrogens (primary N) is 2. The van der Waals surface area contributed by atoms with Gasteiger partial charge in [-0.25, -0.2) is 34.5 Å². The molecule has 0 aliphatic carbocycles. The topological polar surface area (TPSA) is 459 Å². The molecule has 146 heavy (non-hydrogen) atoms. The first-order chi connectivity index (χ1) is 68.1. The summed E-state index contributed by atoms with van der Waals surface area (Å²) in [6, 6.07) is 45.7. The smallest absolute Gasteiger partial charge is 0.341 e. The van der Waals surface area contributed by atoms with Crippen molar-refractivity contribution in [3.05, 3.63) is 207 Å². The van der Waals surface area contributed by atoms with Gasteiger partial charge in [-0.1, -0.05) is 173 Å². The summed E-state index contributed by atoms with van der Waals surface area (Å²) in [7, 11) is 3.75. The van der Waals surface area contributed by atoms with E-state index in [1.807, 2.05) is 143 Å². The highest BCUT2D eigenvalue weighted by Crippen LogP contribution is 2.61. The summed E-state index contributed by atoms with van der Waals surface area (Å²) in [5.74, 6) is 2.68. The molecule has 0 saturated carbocycles. The van der Waals surface area contributed by atoms with E-state index in [0.29, 0.717) is 105 Å². The number of fused-ring (bicyclic) bond motifs is 18. The predicted molar refractivity (Wildman–Crippen MR) is 604 cm³/mol. The number of nitrogens with zero attached hydrogens (tertiary/aromatic N) is 19. The maximum Gasteiger partial charge on any atom is 0.341 e. The second-order valence-corrected chi connectivity index (χ2v) is 47.1. The monoisotopic (exact) mass is 2220 g/mol. The lowest BCUT2D eigenvalue weighted by atomic mass is 10.0. The van der Waals surface area contributed by atoms with Crippen molar-refractivity contribution in [2.45, 2.75) is 182 Å². The molecule has 0 saturated heterocycles. The lowest BCUT2D eigenvalue weighted by Gasteiger charge is -2.38. The van der Waals surface area contributed by atoms with Crippen molar-refractivity contribution in [3.63, 3.8) is 0 Å². The van der Waals surface area contributed by atoms with Gasteiger partial charge in [-0.05, 0) is 170 Å². The molecule has 0 spiro atoms. The number of nitrogen functional groups attached to an aromatic ring is 1. The van der Waals surface area contributed by atoms with Crippen LogP contribution in [-0.4, -0.2) is 238 Å². The minimum absolute atomic E-state index is 0. The molecule has 0 amide bonds. The number of thiocarbonyl (C=S) groups is 1. The standard InChI is InChI=1S/C17H19ClN4O.C17H21N4O2.C17H20N4O.C13H15N3O3.C13H17N3O.C9H5ClN2O2.C5H10Cl2N.C5H10ClNS.C4H11NO.Cl3OP.ClH/c1-3-8-21-9-17(2,23)10-22-14-11-6-4-5-7-12(11)19-15(18)13(14)20-16(21)22;1-3-8-19-10-17(2,22)11-20-15-12-6-4-5-7-14(12)21(23)9-13(15)18-16(19)20;1-3-8-20-10-17(2,22)11-21-15-12-6-4-5-7-13(12)18-9-14(15)19-16(20)21;1-13(2,17)8-15-12-9-5-3-4-6-10(9)14-7-11(12)16(18)19;1-13(2,17)8-16-12-9-5-3-4-6-11(9)15-7-10(12)14;10-9-6-3-1-2-4-7(6)11-5-8(9)12(13)14;1-3-4-8(2)5(6)7;1-3-4-7(2)5(6)8;1-4(2,6)3-5;1-5(2,3)4;/h4-7,23H,3,8-10H2,1-2H3;4-7,9,22-23H,3,8,10-11H2,1-2H3;4-7,9,22H,3,8,10-11H2,1-2H3;3-7,17H,8H2,1-2H3,(H,14,15);3-7,17H,8,14H2,1-2H3,(H,15,16);1-5H;2*3-4H2,1-2H3;6H,3,5H2,1-2H3;;1H/q;+1;;;;;+1;;;;. The van der Waals surface area contributed by atoms with Crippen LogP contribution in [0, 0.1) is 20.2 Å². The number of nitrogens with one attached hydrogen (secondary N) is 2. The molecule has 0 radical (unpaired) electrons. The number of nitro groups is 2. The van der Waals surface area contributed by atoms with E-state index in [-0.39, 0.29) is 35.3 Å². The molecule has 35 nitrogen and oxygen atoms in total. The molecule has 6 aromatic carbocycles. The molecule has 15 aromatic rings. The first-order valence-electron chi connectivity index (χ1n) is 46.9. The van der Waals surface area contributed by atoms with Crippen molar-refractivity contribution in [3.8, 4) is 0 Å². The minimum Gasteiger partial charge on any atom is -0.396 e. The zero-order chi connectivity index (χ0) is 107. The number of anilines is 6. The van der Waals surface area contributed by atoms with Crippen LogP contribution in [0.1, 0.15) is 129 Å². The van der Waals surface area contributed by atoms with Crippen LogP contribution < -0.4 is 41.5 Å². The summed E-state index contributed by atoms with van der Waals surface area (Å²) in [5.41, 5.74) is 17.8. The van der Waals surface area contributed by atoms with Gasteiger partial charge in [0.05, 0.1) is 156 Å². The third kappa shape index (κ3) is 33.9. The van der Waals surface area contributed by atoms with Crippen LogP contribution in [0.4, 0.5) is 46.3 Å². The Hall–Kier alpha value is -10.3. The van der Waals surface area contributed by atoms with E-state index >= 15 is 0 Å². The van der Waals surface area contributed by atoms with Gasteiger partial charge in [-0.2, -0.15) is 0 Å². The molecule has 46 heteroatoms. The molecule has 3 aliphatic heterocycles. The summed E-state index contributed by atoms with van der Waals surface area (Å²) in [5, 5.41) is 101. The largest absolute Gasteiger partial charge is 0.396 e. The summed E-state index contributed by atoms with van der Waals surface area (Å²) < 4.78 is 19.5. The number of benzene rings is 6. The van der Waals surface area contributed by atoms with Gasteiger partial charge in [0.2, 0.25) is 17.8 Å². The molecule has 3 atom stereocenters. The Balaban J connectivity index is 0.000000204. The Morgan fingerprint density at radius 2 is 0.877 bits per heavy atom. The molecule has 3 aliphatic rings. The number of hydrogen-bond acceptors (Lipinski definition) is 28. The van der Waals surface area contributed by atoms with E-state index in [9.17, 15) is 55.5 Å². The Morgan fingerprint density at radius 3 is 1.29 bits per heavy atom. The van der Waals surface area contributed by atoms with Crippen molar-refractivity contribution in [2.75, 3.05) is 117 Å². The molecule has 9 aromatic heterocycles. The summed E-state index contributed by atoms with van der Waals surface area (Å²) >= 11 is 47.1. The fourth-order valence-corrected chi connectivity index (χ4v) is 16.9. The van der Waals surface area contributed by atoms with Crippen molar-refractivity contribution in [2.24, 2.45) is 5.73 Å². The fraction of sp³-hybridized carbons (Fsp3) is 0.410. The first kappa shape index (κ1) is 121. The van der Waals surface area contributed by atoms with Crippen LogP contribution >= 0.6 is 122 Å². The van der Waals surface area contributed by atoms with Crippen LogP contribution in [0.5, 0.6) is 0 Å². The second kappa shape index (κ2) is 53.2. The van der Waals surface area contributed by atoms with Gasteiger partial charge in [0.15, 0.2) is 15.1 Å². The Bertz CT molecular complexity index is 7090. The number of aromatic nitrogens is 12. The number of imidazole rings is 3. The predicted octanol–water partition coefficient (Wildman–Crippen LogP) is 21.3. The van der Waals surface area contributed by atoms with Gasteiger partial charge in [0.1, 0.15) is 47.7 Å². The van der Waals surface area contributed by atoms with Gasteiger partial charge in [-0.3, -0.25) is 40.0 Å². The van der Waals surface area contributed by atoms with E-state index in [4.69, 9.17) is 89.5 Å². The van der Waals surface area contributed by atoms with Crippen molar-refractivity contribution >= 4 is 275 Å². The van der Waals surface area contributed by atoms with E-state index < -0.39 is 48.7 Å². The summed E-state index contributed by atoms with van der Waals surface area (Å²) in [6.45, 7) is 35.1. The molecule has 12 heterocycles. The van der Waals surface area contributed by atoms with Crippen LogP contribution in [-0.2, 0) is 24.2 Å². The van der Waals surface area contributed by atoms with Crippen LogP contribution in [0.3, 0.4) is 0 Å². The molecular formula is C100H129Cl9N23O12PS+2. The van der Waals surface area contributed by atoms with Crippen molar-refractivity contribution < 1.29 is 59.6 Å². The van der Waals surface area contributed by atoms with Crippen molar-refractivity contribution in [1.29, 1.82) is 0 Å². The number of pyridine rings is 6. The number of β-amino-alcohol motifs (C(OH)–C–C–N with tert-alkyl or cyclic N) is 3. The SMILES string of the molecule is CC(C)(O)CN.CC(C)(O)CNc1c(N)cnc2ccccc12.CC(C)(O)CNc1c([N+](=O)[O-])cnc2ccccc12.CCCN(C)C(=S)Cl.CCCN1CC(C)(O)Cn2c1nc1c(Cl)nc3ccccc3c12.CCCN1CC(C)(O)Cn2c1nc1c[n+](O)c3ccccc3c12.CCCN1CC(C)(O)Cn2c1nc1cnc3ccccc3c12.CCC[N+](C)=C(Cl)Cl.Cl.O=P(Cl)(Cl)Cl.O=[N+]([O-])c1cnc2ccccc2c1Cl. The molecule has 3 unspecified atom stereocenters. The third-order valence-electron chi connectivity index (χ3n) is 22.3. The lowest BCUT2D eigenvalue weighted by Crippen LogP contribution is -2.49. The van der Waals surface area contributed by atoms with E-state index in [2.05, 4.69) is 151 Å². The van der Waals surface area contributed by atoms with Crippen LogP contribution in [0.25, 0.3) is 98.5 Å². The van der Waals surface area contributed by atoms with E-state index in [1.165, 1.54) is 12.4 Å².